The first-order chi connectivity index (χ1) is 8.29. The predicted octanol–water partition coefficient (Wildman–Crippen LogP) is 1.67. The molecule has 0 unspecified atom stereocenters. The molecule has 1 aromatic carbocycles. The molecule has 4 heteroatoms. The maximum atomic E-state index is 5.83. The molecular weight excluding hydrogens is 214 g/mol. The fourth-order valence-corrected chi connectivity index (χ4v) is 2.25. The van der Waals surface area contributed by atoms with E-state index in [1.165, 1.54) is 5.56 Å². The van der Waals surface area contributed by atoms with E-state index in [0.29, 0.717) is 19.8 Å². The summed E-state index contributed by atoms with van der Waals surface area (Å²) in [5.74, 6) is 0. The van der Waals surface area contributed by atoms with E-state index in [1.54, 1.807) is 0 Å². The standard InChI is InChI=1S/C13H15N3O/c1-9-3-2-4-10(5-9)16-13(6-14)11-7-17-8-12(11)15-16/h2-5H,6-8,14H2,1H3. The Balaban J connectivity index is 2.15. The molecule has 0 radical (unpaired) electrons. The SMILES string of the molecule is Cc1cccc(-n2nc3c(c2CN)COC3)c1. The van der Waals surface area contributed by atoms with Crippen molar-refractivity contribution in [2.45, 2.75) is 26.7 Å². The highest BCUT2D eigenvalue weighted by atomic mass is 16.5. The van der Waals surface area contributed by atoms with Crippen LogP contribution in [0, 0.1) is 6.92 Å². The van der Waals surface area contributed by atoms with Gasteiger partial charge in [0.15, 0.2) is 0 Å². The number of rotatable bonds is 2. The predicted molar refractivity (Wildman–Crippen MR) is 64.7 cm³/mol. The molecular formula is C13H15N3O. The molecule has 0 atom stereocenters. The molecule has 2 aromatic rings. The van der Waals surface area contributed by atoms with Gasteiger partial charge in [0.2, 0.25) is 0 Å². The number of nitrogens with zero attached hydrogens (tertiary/aromatic N) is 2. The Morgan fingerprint density at radius 3 is 3.06 bits per heavy atom. The van der Waals surface area contributed by atoms with E-state index < -0.39 is 0 Å². The van der Waals surface area contributed by atoms with Gasteiger partial charge in [0.05, 0.1) is 30.3 Å². The van der Waals surface area contributed by atoms with Crippen molar-refractivity contribution in [3.63, 3.8) is 0 Å². The smallest absolute Gasteiger partial charge is 0.0945 e. The zero-order chi connectivity index (χ0) is 11.8. The fourth-order valence-electron chi connectivity index (χ4n) is 2.25. The van der Waals surface area contributed by atoms with Crippen LogP contribution in [0.15, 0.2) is 24.3 Å². The quantitative estimate of drug-likeness (QED) is 0.852. The summed E-state index contributed by atoms with van der Waals surface area (Å²) in [7, 11) is 0. The Labute approximate surface area is 100 Å². The molecule has 0 aliphatic carbocycles. The van der Waals surface area contributed by atoms with Crippen molar-refractivity contribution >= 4 is 0 Å². The summed E-state index contributed by atoms with van der Waals surface area (Å²) in [6.45, 7) is 3.79. The van der Waals surface area contributed by atoms with Gasteiger partial charge in [0, 0.05) is 12.1 Å². The minimum absolute atomic E-state index is 0.486. The number of benzene rings is 1. The monoisotopic (exact) mass is 229 g/mol. The Bertz CT molecular complexity index is 560. The summed E-state index contributed by atoms with van der Waals surface area (Å²) in [4.78, 5) is 0. The van der Waals surface area contributed by atoms with Crippen LogP contribution in [-0.4, -0.2) is 9.78 Å². The highest BCUT2D eigenvalue weighted by Crippen LogP contribution is 2.25. The molecule has 2 heterocycles. The number of aryl methyl sites for hydroxylation is 1. The third-order valence-electron chi connectivity index (χ3n) is 3.10. The number of fused-ring (bicyclic) bond motifs is 1. The molecule has 0 spiro atoms. The van der Waals surface area contributed by atoms with Crippen LogP contribution in [0.5, 0.6) is 0 Å². The molecule has 0 saturated heterocycles. The fraction of sp³-hybridized carbons (Fsp3) is 0.308. The van der Waals surface area contributed by atoms with Crippen molar-refractivity contribution in [1.82, 2.24) is 9.78 Å². The summed E-state index contributed by atoms with van der Waals surface area (Å²) in [6.07, 6.45) is 0. The van der Waals surface area contributed by atoms with Gasteiger partial charge in [-0.3, -0.25) is 0 Å². The lowest BCUT2D eigenvalue weighted by Crippen LogP contribution is -2.09. The van der Waals surface area contributed by atoms with E-state index in [2.05, 4.69) is 30.2 Å². The third kappa shape index (κ3) is 1.66. The largest absolute Gasteiger partial charge is 0.370 e. The molecule has 0 saturated carbocycles. The number of nitrogens with two attached hydrogens (primary N) is 1. The van der Waals surface area contributed by atoms with Gasteiger partial charge in [-0.15, -0.1) is 0 Å². The van der Waals surface area contributed by atoms with Crippen molar-refractivity contribution < 1.29 is 4.74 Å². The van der Waals surface area contributed by atoms with Gasteiger partial charge >= 0.3 is 0 Å². The lowest BCUT2D eigenvalue weighted by atomic mass is 10.2. The molecule has 0 amide bonds. The van der Waals surface area contributed by atoms with E-state index in [-0.39, 0.29) is 0 Å². The molecule has 1 aliphatic heterocycles. The number of hydrogen-bond acceptors (Lipinski definition) is 3. The Morgan fingerprint density at radius 1 is 1.41 bits per heavy atom. The Hall–Kier alpha value is -1.65. The van der Waals surface area contributed by atoms with E-state index in [1.807, 2.05) is 10.7 Å². The van der Waals surface area contributed by atoms with Crippen LogP contribution < -0.4 is 5.73 Å². The van der Waals surface area contributed by atoms with Gasteiger partial charge in [-0.2, -0.15) is 5.10 Å². The molecule has 2 N–H and O–H groups in total. The maximum absolute atomic E-state index is 5.83. The van der Waals surface area contributed by atoms with Crippen LogP contribution in [0.25, 0.3) is 5.69 Å². The van der Waals surface area contributed by atoms with Crippen LogP contribution in [0.2, 0.25) is 0 Å². The van der Waals surface area contributed by atoms with Crippen LogP contribution in [0.3, 0.4) is 0 Å². The van der Waals surface area contributed by atoms with E-state index in [9.17, 15) is 0 Å². The van der Waals surface area contributed by atoms with Gasteiger partial charge in [-0.05, 0) is 24.6 Å². The average molecular weight is 229 g/mol. The second kappa shape index (κ2) is 3.98. The summed E-state index contributed by atoms with van der Waals surface area (Å²) < 4.78 is 7.33. The summed E-state index contributed by atoms with van der Waals surface area (Å²) in [5.41, 5.74) is 11.4. The summed E-state index contributed by atoms with van der Waals surface area (Å²) >= 11 is 0. The van der Waals surface area contributed by atoms with Crippen molar-refractivity contribution in [2.75, 3.05) is 0 Å². The average Bonchev–Trinajstić information content (AvgIpc) is 2.88. The molecule has 3 rings (SSSR count). The minimum atomic E-state index is 0.486. The highest BCUT2D eigenvalue weighted by molar-refractivity contribution is 5.40. The molecule has 88 valence electrons. The van der Waals surface area contributed by atoms with Crippen molar-refractivity contribution in [2.24, 2.45) is 5.73 Å². The zero-order valence-electron chi connectivity index (χ0n) is 9.81. The van der Waals surface area contributed by atoms with Gasteiger partial charge in [-0.25, -0.2) is 4.68 Å². The lowest BCUT2D eigenvalue weighted by molar-refractivity contribution is 0.130. The van der Waals surface area contributed by atoms with Crippen LogP contribution >= 0.6 is 0 Å². The first-order valence-corrected chi connectivity index (χ1v) is 5.74. The second-order valence-electron chi connectivity index (χ2n) is 4.32. The number of hydrogen-bond donors (Lipinski definition) is 1. The molecule has 1 aliphatic rings. The van der Waals surface area contributed by atoms with Crippen LogP contribution in [0.1, 0.15) is 22.5 Å². The summed E-state index contributed by atoms with van der Waals surface area (Å²) in [5, 5.41) is 4.58. The zero-order valence-corrected chi connectivity index (χ0v) is 9.81. The van der Waals surface area contributed by atoms with Crippen LogP contribution in [-0.2, 0) is 24.5 Å². The number of aromatic nitrogens is 2. The van der Waals surface area contributed by atoms with Crippen LogP contribution in [0.4, 0.5) is 0 Å². The van der Waals surface area contributed by atoms with E-state index in [4.69, 9.17) is 10.5 Å². The first-order valence-electron chi connectivity index (χ1n) is 5.74. The van der Waals surface area contributed by atoms with Crippen molar-refractivity contribution in [3.8, 4) is 5.69 Å². The Morgan fingerprint density at radius 2 is 2.29 bits per heavy atom. The van der Waals surface area contributed by atoms with Gasteiger partial charge < -0.3 is 10.5 Å². The second-order valence-corrected chi connectivity index (χ2v) is 4.32. The Kier molecular flexibility index (Phi) is 2.46. The maximum Gasteiger partial charge on any atom is 0.0945 e. The molecule has 0 bridgehead atoms. The van der Waals surface area contributed by atoms with Crippen molar-refractivity contribution in [3.05, 3.63) is 46.8 Å². The molecule has 1 aromatic heterocycles. The molecule has 17 heavy (non-hydrogen) atoms. The number of ether oxygens (including phenoxy) is 1. The normalized spacial score (nSPS) is 14.0. The summed E-state index contributed by atoms with van der Waals surface area (Å²) in [6, 6.07) is 8.28. The third-order valence-corrected chi connectivity index (χ3v) is 3.10. The van der Waals surface area contributed by atoms with E-state index >= 15 is 0 Å². The molecule has 4 nitrogen and oxygen atoms in total. The molecule has 0 fully saturated rings. The topological polar surface area (TPSA) is 53.1 Å². The van der Waals surface area contributed by atoms with Gasteiger partial charge in [-0.1, -0.05) is 12.1 Å². The van der Waals surface area contributed by atoms with E-state index in [0.717, 1.165) is 22.6 Å². The highest BCUT2D eigenvalue weighted by Gasteiger charge is 2.22. The van der Waals surface area contributed by atoms with Crippen molar-refractivity contribution in [1.29, 1.82) is 0 Å². The first kappa shape index (κ1) is 10.5. The van der Waals surface area contributed by atoms with Gasteiger partial charge in [0.1, 0.15) is 0 Å². The lowest BCUT2D eigenvalue weighted by Gasteiger charge is -2.08. The van der Waals surface area contributed by atoms with Gasteiger partial charge in [0.25, 0.3) is 0 Å². The minimum Gasteiger partial charge on any atom is -0.370 e.